The number of hydrogen-bond acceptors (Lipinski definition) is 5. The Balaban J connectivity index is 1.80. The van der Waals surface area contributed by atoms with Crippen molar-refractivity contribution in [2.45, 2.75) is 19.0 Å². The Morgan fingerprint density at radius 3 is 3.00 bits per heavy atom. The average Bonchev–Trinajstić information content (AvgIpc) is 2.83. The van der Waals surface area contributed by atoms with E-state index in [-0.39, 0.29) is 0 Å². The van der Waals surface area contributed by atoms with Gasteiger partial charge in [0.15, 0.2) is 5.13 Å². The van der Waals surface area contributed by atoms with E-state index < -0.39 is 0 Å². The molecule has 1 saturated heterocycles. The van der Waals surface area contributed by atoms with Gasteiger partial charge < -0.3 is 15.1 Å². The summed E-state index contributed by atoms with van der Waals surface area (Å²) in [4.78, 5) is 10.1. The summed E-state index contributed by atoms with van der Waals surface area (Å²) in [7, 11) is 6.24. The second-order valence-corrected chi connectivity index (χ2v) is 5.73. The van der Waals surface area contributed by atoms with E-state index in [1.54, 1.807) is 11.3 Å². The van der Waals surface area contributed by atoms with E-state index in [9.17, 15) is 0 Å². The van der Waals surface area contributed by atoms with E-state index >= 15 is 0 Å². The third kappa shape index (κ3) is 2.93. The molecule has 1 aliphatic rings. The van der Waals surface area contributed by atoms with Gasteiger partial charge in [0.1, 0.15) is 0 Å². The summed E-state index contributed by atoms with van der Waals surface area (Å²) >= 11 is 1.76. The Kier molecular flexibility index (Phi) is 3.78. The predicted octanol–water partition coefficient (Wildman–Crippen LogP) is 1.00. The normalized spacial score (nSPS) is 21.6. The smallest absolute Gasteiger partial charge is 0.185 e. The highest BCUT2D eigenvalue weighted by atomic mass is 32.1. The molecule has 1 fully saturated rings. The molecular weight excluding hydrogens is 220 g/mol. The van der Waals surface area contributed by atoms with Gasteiger partial charge in [0.25, 0.3) is 0 Å². The average molecular weight is 240 g/mol. The van der Waals surface area contributed by atoms with Crippen LogP contribution in [0.15, 0.2) is 6.20 Å². The molecule has 0 spiro atoms. The Labute approximate surface area is 101 Å². The van der Waals surface area contributed by atoms with Gasteiger partial charge in [-0.15, -0.1) is 11.3 Å². The fraction of sp³-hybridized carbons (Fsp3) is 0.727. The van der Waals surface area contributed by atoms with Gasteiger partial charge in [-0.25, -0.2) is 4.98 Å². The maximum Gasteiger partial charge on any atom is 0.185 e. The van der Waals surface area contributed by atoms with Crippen LogP contribution in [-0.4, -0.2) is 50.2 Å². The highest BCUT2D eigenvalue weighted by Crippen LogP contribution is 2.20. The summed E-state index contributed by atoms with van der Waals surface area (Å²) in [6.07, 6.45) is 3.24. The lowest BCUT2D eigenvalue weighted by molar-refractivity contribution is 0.398. The van der Waals surface area contributed by atoms with Crippen molar-refractivity contribution in [1.29, 1.82) is 0 Å². The van der Waals surface area contributed by atoms with Crippen molar-refractivity contribution in [3.63, 3.8) is 0 Å². The lowest BCUT2D eigenvalue weighted by atomic mass is 10.2. The molecule has 0 bridgehead atoms. The quantitative estimate of drug-likeness (QED) is 0.851. The number of thiazole rings is 1. The molecule has 0 saturated carbocycles. The molecule has 0 aromatic carbocycles. The van der Waals surface area contributed by atoms with Crippen molar-refractivity contribution in [3.8, 4) is 0 Å². The van der Waals surface area contributed by atoms with Crippen LogP contribution in [0.25, 0.3) is 0 Å². The lowest BCUT2D eigenvalue weighted by Crippen LogP contribution is -2.30. The van der Waals surface area contributed by atoms with Gasteiger partial charge in [0.2, 0.25) is 0 Å². The first-order valence-electron chi connectivity index (χ1n) is 5.69. The monoisotopic (exact) mass is 240 g/mol. The summed E-state index contributed by atoms with van der Waals surface area (Å²) in [6.45, 7) is 3.33. The van der Waals surface area contributed by atoms with E-state index in [1.165, 1.54) is 24.4 Å². The summed E-state index contributed by atoms with van der Waals surface area (Å²) in [5, 5.41) is 4.67. The molecule has 1 unspecified atom stereocenters. The number of nitrogens with zero attached hydrogens (tertiary/aromatic N) is 3. The van der Waals surface area contributed by atoms with Crippen molar-refractivity contribution in [3.05, 3.63) is 11.1 Å². The van der Waals surface area contributed by atoms with Gasteiger partial charge >= 0.3 is 0 Å². The van der Waals surface area contributed by atoms with Crippen LogP contribution in [0.1, 0.15) is 11.3 Å². The minimum Gasteiger partial charge on any atom is -0.354 e. The molecule has 0 radical (unpaired) electrons. The number of likely N-dealkylation sites (tertiary alicyclic amines) is 1. The Morgan fingerprint density at radius 1 is 1.62 bits per heavy atom. The molecule has 4 nitrogen and oxygen atoms in total. The van der Waals surface area contributed by atoms with Crippen molar-refractivity contribution in [2.75, 3.05) is 39.1 Å². The predicted molar refractivity (Wildman–Crippen MR) is 69.2 cm³/mol. The van der Waals surface area contributed by atoms with Crippen LogP contribution in [0.2, 0.25) is 0 Å². The molecule has 0 amide bonds. The van der Waals surface area contributed by atoms with Gasteiger partial charge in [-0.3, -0.25) is 0 Å². The van der Waals surface area contributed by atoms with Crippen LogP contribution >= 0.6 is 11.3 Å². The number of anilines is 1. The fourth-order valence-corrected chi connectivity index (χ4v) is 2.72. The molecule has 1 atom stereocenters. The summed E-state index contributed by atoms with van der Waals surface area (Å²) < 4.78 is 0. The van der Waals surface area contributed by atoms with Crippen LogP contribution < -0.4 is 10.2 Å². The minimum absolute atomic E-state index is 0.648. The molecule has 0 aliphatic carbocycles. The first kappa shape index (κ1) is 11.8. The third-order valence-corrected chi connectivity index (χ3v) is 4.05. The van der Waals surface area contributed by atoms with Crippen LogP contribution in [-0.2, 0) is 6.54 Å². The summed E-state index contributed by atoms with van der Waals surface area (Å²) in [6, 6.07) is 0.648. The van der Waals surface area contributed by atoms with E-state index in [1.807, 2.05) is 20.3 Å². The molecule has 90 valence electrons. The van der Waals surface area contributed by atoms with Gasteiger partial charge in [-0.05, 0) is 20.0 Å². The highest BCUT2D eigenvalue weighted by molar-refractivity contribution is 7.15. The molecule has 1 aromatic heterocycles. The van der Waals surface area contributed by atoms with Crippen molar-refractivity contribution in [1.82, 2.24) is 15.2 Å². The zero-order valence-corrected chi connectivity index (χ0v) is 11.0. The van der Waals surface area contributed by atoms with Crippen molar-refractivity contribution >= 4 is 16.5 Å². The minimum atomic E-state index is 0.648. The Hall–Kier alpha value is -0.650. The molecule has 2 rings (SSSR count). The van der Waals surface area contributed by atoms with Crippen molar-refractivity contribution < 1.29 is 0 Å². The number of nitrogens with one attached hydrogen (secondary N) is 1. The molecule has 16 heavy (non-hydrogen) atoms. The van der Waals surface area contributed by atoms with Crippen LogP contribution in [0.5, 0.6) is 0 Å². The third-order valence-electron chi connectivity index (χ3n) is 2.88. The topological polar surface area (TPSA) is 31.4 Å². The van der Waals surface area contributed by atoms with E-state index in [2.05, 4.69) is 27.1 Å². The number of hydrogen-bond donors (Lipinski definition) is 1. The first-order valence-corrected chi connectivity index (χ1v) is 6.51. The number of rotatable bonds is 4. The van der Waals surface area contributed by atoms with Gasteiger partial charge in [0, 0.05) is 44.3 Å². The van der Waals surface area contributed by atoms with Gasteiger partial charge in [-0.2, -0.15) is 0 Å². The standard InChI is InChI=1S/C11H20N4S/c1-14(2)11-13-7-10(16-11)6-12-9-4-5-15(3)8-9/h7,9,12H,4-6,8H2,1-3H3. The van der Waals surface area contributed by atoms with E-state index in [4.69, 9.17) is 0 Å². The fourth-order valence-electron chi connectivity index (χ4n) is 1.93. The van der Waals surface area contributed by atoms with Gasteiger partial charge in [0.05, 0.1) is 0 Å². The highest BCUT2D eigenvalue weighted by Gasteiger charge is 2.18. The largest absolute Gasteiger partial charge is 0.354 e. The summed E-state index contributed by atoms with van der Waals surface area (Å²) in [5.41, 5.74) is 0. The maximum absolute atomic E-state index is 4.37. The van der Waals surface area contributed by atoms with Gasteiger partial charge in [-0.1, -0.05) is 0 Å². The van der Waals surface area contributed by atoms with E-state index in [0.29, 0.717) is 6.04 Å². The Morgan fingerprint density at radius 2 is 2.44 bits per heavy atom. The number of aromatic nitrogens is 1. The number of likely N-dealkylation sites (N-methyl/N-ethyl adjacent to an activating group) is 1. The summed E-state index contributed by atoms with van der Waals surface area (Å²) in [5.74, 6) is 0. The van der Waals surface area contributed by atoms with E-state index in [0.717, 1.165) is 11.7 Å². The van der Waals surface area contributed by atoms with Crippen LogP contribution in [0.3, 0.4) is 0 Å². The SMILES string of the molecule is CN1CCC(NCc2cnc(N(C)C)s2)C1. The van der Waals surface area contributed by atoms with Crippen LogP contribution in [0, 0.1) is 0 Å². The second-order valence-electron chi connectivity index (χ2n) is 4.63. The van der Waals surface area contributed by atoms with Crippen molar-refractivity contribution in [2.24, 2.45) is 0 Å². The molecular formula is C11H20N4S. The Bertz CT molecular complexity index is 336. The maximum atomic E-state index is 4.37. The molecule has 1 N–H and O–H groups in total. The molecule has 1 aliphatic heterocycles. The second kappa shape index (κ2) is 5.12. The first-order chi connectivity index (χ1) is 7.65. The van der Waals surface area contributed by atoms with Crippen LogP contribution in [0.4, 0.5) is 5.13 Å². The lowest BCUT2D eigenvalue weighted by Gasteiger charge is -2.11. The zero-order valence-electron chi connectivity index (χ0n) is 10.2. The molecule has 2 heterocycles. The molecule has 5 heteroatoms. The molecule has 1 aromatic rings. The zero-order chi connectivity index (χ0) is 11.5.